The predicted molar refractivity (Wildman–Crippen MR) is 88.5 cm³/mol. The Morgan fingerprint density at radius 2 is 2.00 bits per heavy atom. The summed E-state index contributed by atoms with van der Waals surface area (Å²) in [5.74, 6) is -1.41. The second-order valence-electron chi connectivity index (χ2n) is 6.05. The number of hydrogen-bond acceptors (Lipinski definition) is 3. The van der Waals surface area contributed by atoms with Crippen molar-refractivity contribution < 1.29 is 19.5 Å². The molecular formula is C17H23N3O4. The van der Waals surface area contributed by atoms with Crippen molar-refractivity contribution >= 4 is 17.9 Å². The van der Waals surface area contributed by atoms with Gasteiger partial charge in [0.25, 0.3) is 0 Å². The van der Waals surface area contributed by atoms with Crippen LogP contribution < -0.4 is 16.0 Å². The highest BCUT2D eigenvalue weighted by molar-refractivity contribution is 5.90. The van der Waals surface area contributed by atoms with Gasteiger partial charge in [-0.2, -0.15) is 0 Å². The average Bonchev–Trinajstić information content (AvgIpc) is 2.93. The van der Waals surface area contributed by atoms with E-state index in [4.69, 9.17) is 0 Å². The van der Waals surface area contributed by atoms with Crippen LogP contribution in [-0.4, -0.2) is 35.6 Å². The summed E-state index contributed by atoms with van der Waals surface area (Å²) in [5, 5.41) is 17.4. The van der Waals surface area contributed by atoms with Gasteiger partial charge in [0.1, 0.15) is 0 Å². The first kappa shape index (κ1) is 17.8. The molecule has 0 saturated heterocycles. The summed E-state index contributed by atoms with van der Waals surface area (Å²) in [5.41, 5.74) is 0.0554. The smallest absolute Gasteiger partial charge is 0.334 e. The Balaban J connectivity index is 2.01. The number of rotatable bonds is 6. The van der Waals surface area contributed by atoms with Crippen LogP contribution in [0.2, 0.25) is 0 Å². The van der Waals surface area contributed by atoms with Gasteiger partial charge in [-0.15, -0.1) is 0 Å². The molecule has 130 valence electrons. The van der Waals surface area contributed by atoms with E-state index in [0.29, 0.717) is 12.0 Å². The summed E-state index contributed by atoms with van der Waals surface area (Å²) >= 11 is 0. The Morgan fingerprint density at radius 3 is 2.67 bits per heavy atom. The van der Waals surface area contributed by atoms with Gasteiger partial charge in [0.05, 0.1) is 6.54 Å². The molecule has 4 N–H and O–H groups in total. The summed E-state index contributed by atoms with van der Waals surface area (Å²) < 4.78 is 0. The summed E-state index contributed by atoms with van der Waals surface area (Å²) in [7, 11) is 0. The van der Waals surface area contributed by atoms with Gasteiger partial charge in [-0.05, 0) is 37.3 Å². The highest BCUT2D eigenvalue weighted by Crippen LogP contribution is 2.37. The number of urea groups is 1. The Hall–Kier alpha value is -2.57. The zero-order valence-corrected chi connectivity index (χ0v) is 13.9. The summed E-state index contributed by atoms with van der Waals surface area (Å²) in [6.45, 7) is 3.61. The lowest BCUT2D eigenvalue weighted by Gasteiger charge is -2.27. The van der Waals surface area contributed by atoms with Crippen molar-refractivity contribution in [1.29, 1.82) is 0 Å². The Bertz CT molecular complexity index is 646. The molecule has 0 unspecified atom stereocenters. The van der Waals surface area contributed by atoms with Crippen molar-refractivity contribution in [2.75, 3.05) is 6.54 Å². The second-order valence-corrected chi connectivity index (χ2v) is 6.05. The summed E-state index contributed by atoms with van der Waals surface area (Å²) in [6.07, 6.45) is 1.66. The SMILES string of the molecule is CC[C@@H](C)NC(=O)CNC(=O)N[C@]1(C(=O)O)CCc2ccccc21. The first-order valence-corrected chi connectivity index (χ1v) is 8.06. The molecule has 0 radical (unpaired) electrons. The molecule has 0 aliphatic heterocycles. The Labute approximate surface area is 140 Å². The Kier molecular flexibility index (Phi) is 5.43. The molecule has 1 aliphatic carbocycles. The fraction of sp³-hybridized carbons (Fsp3) is 0.471. The van der Waals surface area contributed by atoms with Gasteiger partial charge in [0.2, 0.25) is 5.91 Å². The maximum absolute atomic E-state index is 12.1. The molecule has 0 bridgehead atoms. The predicted octanol–water partition coefficient (Wildman–Crippen LogP) is 1.13. The standard InChI is InChI=1S/C17H23N3O4/c1-3-11(2)19-14(21)10-18-16(24)20-17(15(22)23)9-8-12-6-4-5-7-13(12)17/h4-7,11H,3,8-10H2,1-2H3,(H,19,21)(H,22,23)(H2,18,20,24)/t11-,17-/m1/s1. The molecule has 3 amide bonds. The van der Waals surface area contributed by atoms with E-state index in [0.717, 1.165) is 12.0 Å². The van der Waals surface area contributed by atoms with Crippen molar-refractivity contribution in [2.24, 2.45) is 0 Å². The van der Waals surface area contributed by atoms with Crippen molar-refractivity contribution in [3.63, 3.8) is 0 Å². The average molecular weight is 333 g/mol. The zero-order chi connectivity index (χ0) is 17.7. The number of amides is 3. The van der Waals surface area contributed by atoms with Crippen LogP contribution in [-0.2, 0) is 21.5 Å². The number of aliphatic carboxylic acids is 1. The van der Waals surface area contributed by atoms with Crippen LogP contribution in [0, 0.1) is 0 Å². The van der Waals surface area contributed by atoms with Crippen molar-refractivity contribution in [3.05, 3.63) is 35.4 Å². The minimum atomic E-state index is -1.45. The molecule has 7 nitrogen and oxygen atoms in total. The molecular weight excluding hydrogens is 310 g/mol. The van der Waals surface area contributed by atoms with E-state index in [2.05, 4.69) is 16.0 Å². The topological polar surface area (TPSA) is 108 Å². The van der Waals surface area contributed by atoms with E-state index in [9.17, 15) is 19.5 Å². The van der Waals surface area contributed by atoms with Crippen molar-refractivity contribution in [3.8, 4) is 0 Å². The molecule has 0 saturated carbocycles. The highest BCUT2D eigenvalue weighted by Gasteiger charge is 2.46. The van der Waals surface area contributed by atoms with Gasteiger partial charge < -0.3 is 21.1 Å². The van der Waals surface area contributed by atoms with Crippen LogP contribution in [0.15, 0.2) is 24.3 Å². The molecule has 1 aromatic carbocycles. The number of benzene rings is 1. The lowest BCUT2D eigenvalue weighted by atomic mass is 9.92. The minimum Gasteiger partial charge on any atom is -0.479 e. The molecule has 0 fully saturated rings. The van der Waals surface area contributed by atoms with E-state index in [1.807, 2.05) is 26.0 Å². The van der Waals surface area contributed by atoms with Crippen LogP contribution >= 0.6 is 0 Å². The minimum absolute atomic E-state index is 0.0226. The number of nitrogens with one attached hydrogen (secondary N) is 3. The van der Waals surface area contributed by atoms with Gasteiger partial charge in [0.15, 0.2) is 5.54 Å². The van der Waals surface area contributed by atoms with Crippen LogP contribution in [0.25, 0.3) is 0 Å². The van der Waals surface area contributed by atoms with E-state index < -0.39 is 17.5 Å². The third kappa shape index (κ3) is 3.67. The second kappa shape index (κ2) is 7.33. The fourth-order valence-electron chi connectivity index (χ4n) is 2.84. The number of aryl methyl sites for hydroxylation is 1. The number of carbonyl (C=O) groups excluding carboxylic acids is 2. The van der Waals surface area contributed by atoms with Crippen LogP contribution in [0.4, 0.5) is 4.79 Å². The number of fused-ring (bicyclic) bond motifs is 1. The first-order chi connectivity index (χ1) is 11.4. The van der Waals surface area contributed by atoms with E-state index in [-0.39, 0.29) is 24.9 Å². The quantitative estimate of drug-likeness (QED) is 0.626. The number of carboxylic acid groups (broad SMARTS) is 1. The maximum atomic E-state index is 12.1. The van der Waals surface area contributed by atoms with E-state index in [1.165, 1.54) is 0 Å². The molecule has 0 heterocycles. The van der Waals surface area contributed by atoms with Crippen LogP contribution in [0.1, 0.15) is 37.8 Å². The number of carbonyl (C=O) groups is 3. The lowest BCUT2D eigenvalue weighted by Crippen LogP contribution is -2.55. The third-order valence-corrected chi connectivity index (χ3v) is 4.37. The monoisotopic (exact) mass is 333 g/mol. The fourth-order valence-corrected chi connectivity index (χ4v) is 2.84. The molecule has 2 rings (SSSR count). The first-order valence-electron chi connectivity index (χ1n) is 8.06. The van der Waals surface area contributed by atoms with E-state index in [1.54, 1.807) is 12.1 Å². The summed E-state index contributed by atoms with van der Waals surface area (Å²) in [4.78, 5) is 35.6. The number of hydrogen-bond donors (Lipinski definition) is 4. The van der Waals surface area contributed by atoms with E-state index >= 15 is 0 Å². The van der Waals surface area contributed by atoms with Gasteiger partial charge in [-0.25, -0.2) is 9.59 Å². The maximum Gasteiger partial charge on any atom is 0.334 e. The van der Waals surface area contributed by atoms with Gasteiger partial charge in [0, 0.05) is 6.04 Å². The van der Waals surface area contributed by atoms with Crippen LogP contribution in [0.3, 0.4) is 0 Å². The van der Waals surface area contributed by atoms with Crippen LogP contribution in [0.5, 0.6) is 0 Å². The molecule has 7 heteroatoms. The van der Waals surface area contributed by atoms with Crippen molar-refractivity contribution in [2.45, 2.75) is 44.7 Å². The largest absolute Gasteiger partial charge is 0.479 e. The van der Waals surface area contributed by atoms with Gasteiger partial charge >= 0.3 is 12.0 Å². The normalized spacial score (nSPS) is 19.9. The van der Waals surface area contributed by atoms with Gasteiger partial charge in [-0.1, -0.05) is 31.2 Å². The molecule has 24 heavy (non-hydrogen) atoms. The third-order valence-electron chi connectivity index (χ3n) is 4.37. The highest BCUT2D eigenvalue weighted by atomic mass is 16.4. The number of carboxylic acids is 1. The lowest BCUT2D eigenvalue weighted by molar-refractivity contribution is -0.144. The molecule has 1 aromatic rings. The molecule has 1 aliphatic rings. The zero-order valence-electron chi connectivity index (χ0n) is 13.9. The molecule has 0 aromatic heterocycles. The molecule has 0 spiro atoms. The van der Waals surface area contributed by atoms with Crippen molar-refractivity contribution in [1.82, 2.24) is 16.0 Å². The Morgan fingerprint density at radius 1 is 1.29 bits per heavy atom. The summed E-state index contributed by atoms with van der Waals surface area (Å²) in [6, 6.07) is 6.52. The molecule has 2 atom stereocenters. The van der Waals surface area contributed by atoms with Gasteiger partial charge in [-0.3, -0.25) is 4.79 Å².